The summed E-state index contributed by atoms with van der Waals surface area (Å²) in [6, 6.07) is 20.3. The minimum absolute atomic E-state index is 0.000401. The van der Waals surface area contributed by atoms with Crippen LogP contribution in [0.5, 0.6) is 5.75 Å². The second-order valence-corrected chi connectivity index (χ2v) is 8.48. The van der Waals surface area contributed by atoms with Crippen molar-refractivity contribution in [2.24, 2.45) is 0 Å². The van der Waals surface area contributed by atoms with E-state index in [1.165, 1.54) is 0 Å². The summed E-state index contributed by atoms with van der Waals surface area (Å²) >= 11 is 3.54. The Hall–Kier alpha value is -3.45. The lowest BCUT2D eigenvalue weighted by atomic mass is 10.1. The smallest absolute Gasteiger partial charge is 0.265 e. The minimum atomic E-state index is -0.130. The molecular formula is C25H20BrN3O3. The van der Waals surface area contributed by atoms with Crippen molar-refractivity contribution in [3.8, 4) is 11.4 Å². The number of hydrogen-bond acceptors (Lipinski definition) is 4. The predicted molar refractivity (Wildman–Crippen MR) is 126 cm³/mol. The van der Waals surface area contributed by atoms with Crippen molar-refractivity contribution < 1.29 is 9.53 Å². The number of carbonyl (C=O) groups excluding carboxylic acids is 1. The number of nitrogens with zero attached hydrogens (tertiary/aromatic N) is 3. The Balaban J connectivity index is 1.52. The lowest BCUT2D eigenvalue weighted by molar-refractivity contribution is 0.0779. The number of methoxy groups -OCH3 is 1. The molecule has 0 bridgehead atoms. The molecule has 1 aliphatic rings. The van der Waals surface area contributed by atoms with Gasteiger partial charge in [0.1, 0.15) is 11.6 Å². The SMILES string of the molecule is COc1ccc(-n2c(CCN3Cc4c(Br)cccc4C3=O)nc3ccccc3c2=O)cc1. The first-order chi connectivity index (χ1) is 15.6. The molecule has 7 heteroatoms. The highest BCUT2D eigenvalue weighted by Gasteiger charge is 2.28. The highest BCUT2D eigenvalue weighted by atomic mass is 79.9. The number of rotatable bonds is 5. The molecule has 5 rings (SSSR count). The van der Waals surface area contributed by atoms with E-state index in [4.69, 9.17) is 9.72 Å². The van der Waals surface area contributed by atoms with E-state index in [-0.39, 0.29) is 11.5 Å². The number of fused-ring (bicyclic) bond motifs is 2. The summed E-state index contributed by atoms with van der Waals surface area (Å²) in [5, 5.41) is 0.556. The van der Waals surface area contributed by atoms with Crippen LogP contribution >= 0.6 is 15.9 Å². The van der Waals surface area contributed by atoms with Crippen LogP contribution in [0.25, 0.3) is 16.6 Å². The number of para-hydroxylation sites is 1. The van der Waals surface area contributed by atoms with Gasteiger partial charge in [0.05, 0.1) is 23.7 Å². The maximum absolute atomic E-state index is 13.4. The van der Waals surface area contributed by atoms with E-state index in [9.17, 15) is 9.59 Å². The second kappa shape index (κ2) is 8.24. The highest BCUT2D eigenvalue weighted by molar-refractivity contribution is 9.10. The van der Waals surface area contributed by atoms with Crippen molar-refractivity contribution >= 4 is 32.7 Å². The minimum Gasteiger partial charge on any atom is -0.497 e. The summed E-state index contributed by atoms with van der Waals surface area (Å²) in [6.45, 7) is 0.997. The zero-order valence-corrected chi connectivity index (χ0v) is 19.0. The lowest BCUT2D eigenvalue weighted by Crippen LogP contribution is -2.30. The largest absolute Gasteiger partial charge is 0.497 e. The lowest BCUT2D eigenvalue weighted by Gasteiger charge is -2.18. The van der Waals surface area contributed by atoms with Crippen LogP contribution in [-0.4, -0.2) is 34.0 Å². The topological polar surface area (TPSA) is 64.4 Å². The molecule has 160 valence electrons. The molecule has 0 N–H and O–H groups in total. The van der Waals surface area contributed by atoms with Crippen LogP contribution in [0.2, 0.25) is 0 Å². The molecule has 0 fully saturated rings. The first-order valence-corrected chi connectivity index (χ1v) is 11.1. The standard InChI is InChI=1S/C25H20BrN3O3/c1-32-17-11-9-16(10-12-17)29-23(27-22-8-3-2-5-19(22)25(29)31)13-14-28-15-20-18(24(28)30)6-4-7-21(20)26/h2-12H,13-15H2,1H3. The maximum atomic E-state index is 13.4. The molecule has 32 heavy (non-hydrogen) atoms. The molecule has 0 radical (unpaired) electrons. The van der Waals surface area contributed by atoms with Crippen LogP contribution in [0.4, 0.5) is 0 Å². The number of hydrogen-bond donors (Lipinski definition) is 0. The Morgan fingerprint density at radius 3 is 2.53 bits per heavy atom. The number of aromatic nitrogens is 2. The number of carbonyl (C=O) groups is 1. The average Bonchev–Trinajstić information content (AvgIpc) is 3.15. The Labute approximate surface area is 193 Å². The van der Waals surface area contributed by atoms with Crippen molar-refractivity contribution in [3.05, 3.63) is 98.5 Å². The van der Waals surface area contributed by atoms with Gasteiger partial charge in [-0.25, -0.2) is 4.98 Å². The molecule has 3 aromatic carbocycles. The first kappa shape index (κ1) is 20.5. The first-order valence-electron chi connectivity index (χ1n) is 10.3. The van der Waals surface area contributed by atoms with Gasteiger partial charge in [-0.05, 0) is 54.1 Å². The predicted octanol–water partition coefficient (Wildman–Crippen LogP) is 4.36. The fraction of sp³-hybridized carbons (Fsp3) is 0.160. The molecule has 0 spiro atoms. The van der Waals surface area contributed by atoms with Gasteiger partial charge >= 0.3 is 0 Å². The van der Waals surface area contributed by atoms with Crippen LogP contribution in [0.3, 0.4) is 0 Å². The van der Waals surface area contributed by atoms with Gasteiger partial charge in [-0.2, -0.15) is 0 Å². The van der Waals surface area contributed by atoms with E-state index < -0.39 is 0 Å². The quantitative estimate of drug-likeness (QED) is 0.417. The Morgan fingerprint density at radius 1 is 1.00 bits per heavy atom. The Morgan fingerprint density at radius 2 is 1.78 bits per heavy atom. The second-order valence-electron chi connectivity index (χ2n) is 7.63. The van der Waals surface area contributed by atoms with Gasteiger partial charge < -0.3 is 9.64 Å². The molecule has 2 heterocycles. The Bertz CT molecular complexity index is 1400. The maximum Gasteiger partial charge on any atom is 0.265 e. The van der Waals surface area contributed by atoms with Crippen LogP contribution in [0.1, 0.15) is 21.7 Å². The molecule has 1 aromatic heterocycles. The van der Waals surface area contributed by atoms with Gasteiger partial charge in [-0.15, -0.1) is 0 Å². The van der Waals surface area contributed by atoms with E-state index in [0.29, 0.717) is 47.7 Å². The molecular weight excluding hydrogens is 470 g/mol. The van der Waals surface area contributed by atoms with Gasteiger partial charge in [-0.3, -0.25) is 14.2 Å². The third-order valence-corrected chi connectivity index (χ3v) is 6.51. The van der Waals surface area contributed by atoms with Crippen molar-refractivity contribution in [1.82, 2.24) is 14.5 Å². The summed E-state index contributed by atoms with van der Waals surface area (Å²) in [5.74, 6) is 1.32. The van der Waals surface area contributed by atoms with Crippen LogP contribution in [-0.2, 0) is 13.0 Å². The number of ether oxygens (including phenoxy) is 1. The highest BCUT2D eigenvalue weighted by Crippen LogP contribution is 2.29. The van der Waals surface area contributed by atoms with Gasteiger partial charge in [0.25, 0.3) is 11.5 Å². The van der Waals surface area contributed by atoms with E-state index >= 15 is 0 Å². The molecule has 0 atom stereocenters. The molecule has 6 nitrogen and oxygen atoms in total. The molecule has 0 aliphatic carbocycles. The molecule has 0 saturated heterocycles. The van der Waals surface area contributed by atoms with Gasteiger partial charge in [0, 0.05) is 29.5 Å². The number of halogens is 1. The summed E-state index contributed by atoms with van der Waals surface area (Å²) < 4.78 is 7.82. The van der Waals surface area contributed by atoms with E-state index in [2.05, 4.69) is 15.9 Å². The fourth-order valence-electron chi connectivity index (χ4n) is 4.11. The zero-order chi connectivity index (χ0) is 22.2. The summed E-state index contributed by atoms with van der Waals surface area (Å²) in [4.78, 5) is 32.9. The number of benzene rings is 3. The number of amides is 1. The van der Waals surface area contributed by atoms with Crippen molar-refractivity contribution in [3.63, 3.8) is 0 Å². The molecule has 1 amide bonds. The Kier molecular flexibility index (Phi) is 5.27. The van der Waals surface area contributed by atoms with Crippen LogP contribution in [0, 0.1) is 0 Å². The average molecular weight is 490 g/mol. The van der Waals surface area contributed by atoms with E-state index in [1.54, 1.807) is 22.6 Å². The van der Waals surface area contributed by atoms with E-state index in [1.807, 2.05) is 60.7 Å². The van der Waals surface area contributed by atoms with Crippen molar-refractivity contribution in [2.45, 2.75) is 13.0 Å². The van der Waals surface area contributed by atoms with E-state index in [0.717, 1.165) is 15.6 Å². The zero-order valence-electron chi connectivity index (χ0n) is 17.4. The van der Waals surface area contributed by atoms with Gasteiger partial charge in [0.2, 0.25) is 0 Å². The van der Waals surface area contributed by atoms with Crippen molar-refractivity contribution in [1.29, 1.82) is 0 Å². The normalized spacial score (nSPS) is 12.9. The van der Waals surface area contributed by atoms with Gasteiger partial charge in [0.15, 0.2) is 0 Å². The summed E-state index contributed by atoms with van der Waals surface area (Å²) in [6.07, 6.45) is 0.448. The third-order valence-electron chi connectivity index (χ3n) is 5.77. The van der Waals surface area contributed by atoms with Crippen LogP contribution in [0.15, 0.2) is 76.0 Å². The molecule has 4 aromatic rings. The molecule has 0 saturated carbocycles. The third kappa shape index (κ3) is 3.48. The van der Waals surface area contributed by atoms with Crippen molar-refractivity contribution in [2.75, 3.05) is 13.7 Å². The molecule has 1 aliphatic heterocycles. The monoisotopic (exact) mass is 489 g/mol. The van der Waals surface area contributed by atoms with Crippen LogP contribution < -0.4 is 10.3 Å². The summed E-state index contributed by atoms with van der Waals surface area (Å²) in [5.41, 5.74) is 2.95. The fourth-order valence-corrected chi connectivity index (χ4v) is 4.60. The van der Waals surface area contributed by atoms with Gasteiger partial charge in [-0.1, -0.05) is 34.1 Å². The molecule has 0 unspecified atom stereocenters. The summed E-state index contributed by atoms with van der Waals surface area (Å²) in [7, 11) is 1.60.